The van der Waals surface area contributed by atoms with Crippen molar-refractivity contribution >= 4 is 39.1 Å². The Bertz CT molecular complexity index is 658. The number of rotatable bonds is 3. The van der Waals surface area contributed by atoms with Gasteiger partial charge >= 0.3 is 0 Å². The van der Waals surface area contributed by atoms with Gasteiger partial charge in [-0.05, 0) is 46.6 Å². The van der Waals surface area contributed by atoms with Gasteiger partial charge in [0.2, 0.25) is 0 Å². The molecular weight excluding hydrogens is 342 g/mol. The second kappa shape index (κ2) is 6.29. The summed E-state index contributed by atoms with van der Waals surface area (Å²) in [5, 5.41) is 3.43. The summed E-state index contributed by atoms with van der Waals surface area (Å²) < 4.78 is 5.98. The Labute approximate surface area is 131 Å². The molecule has 0 saturated heterocycles. The Balaban J connectivity index is 2.33. The van der Waals surface area contributed by atoms with E-state index in [4.69, 9.17) is 16.3 Å². The highest BCUT2D eigenvalue weighted by molar-refractivity contribution is 9.10. The third kappa shape index (κ3) is 3.14. The van der Waals surface area contributed by atoms with Gasteiger partial charge in [0, 0.05) is 15.6 Å². The summed E-state index contributed by atoms with van der Waals surface area (Å²) in [6.07, 6.45) is 0. The van der Waals surface area contributed by atoms with Gasteiger partial charge < -0.3 is 10.1 Å². The van der Waals surface area contributed by atoms with Crippen LogP contribution in [0.3, 0.4) is 0 Å². The molecule has 0 aromatic heterocycles. The zero-order valence-electron chi connectivity index (χ0n) is 11.0. The number of nitrogens with one attached hydrogen (secondary N) is 1. The van der Waals surface area contributed by atoms with Gasteiger partial charge in [-0.25, -0.2) is 0 Å². The number of carbonyl (C=O) groups is 1. The van der Waals surface area contributed by atoms with E-state index in [0.29, 0.717) is 22.0 Å². The van der Waals surface area contributed by atoms with Gasteiger partial charge in [-0.2, -0.15) is 0 Å². The molecule has 2 rings (SSSR count). The molecule has 0 spiro atoms. The van der Waals surface area contributed by atoms with Crippen molar-refractivity contribution in [1.82, 2.24) is 0 Å². The van der Waals surface area contributed by atoms with E-state index in [-0.39, 0.29) is 5.91 Å². The summed E-state index contributed by atoms with van der Waals surface area (Å²) in [4.78, 5) is 12.3. The lowest BCUT2D eigenvalue weighted by atomic mass is 10.1. The zero-order chi connectivity index (χ0) is 14.7. The fourth-order valence-electron chi connectivity index (χ4n) is 1.76. The van der Waals surface area contributed by atoms with Crippen molar-refractivity contribution in [3.05, 3.63) is 57.0 Å². The molecule has 1 amide bonds. The predicted molar refractivity (Wildman–Crippen MR) is 84.8 cm³/mol. The molecule has 0 atom stereocenters. The molecule has 2 aromatic carbocycles. The number of halogens is 2. The third-order valence-electron chi connectivity index (χ3n) is 2.85. The fourth-order valence-corrected chi connectivity index (χ4v) is 2.38. The number of methoxy groups -OCH3 is 1. The third-order valence-corrected chi connectivity index (χ3v) is 3.95. The maximum atomic E-state index is 12.3. The largest absolute Gasteiger partial charge is 0.495 e. The maximum Gasteiger partial charge on any atom is 0.256 e. The van der Waals surface area contributed by atoms with Crippen LogP contribution in [0.25, 0.3) is 0 Å². The summed E-state index contributed by atoms with van der Waals surface area (Å²) >= 11 is 9.40. The standard InChI is InChI=1S/C15H13BrClNO2/c1-9-7-13(14(20-2)8-12(9)17)18-15(19)10-5-3-4-6-11(10)16/h3-8H,1-2H3,(H,18,19). The van der Waals surface area contributed by atoms with Crippen LogP contribution >= 0.6 is 27.5 Å². The Morgan fingerprint density at radius 1 is 1.30 bits per heavy atom. The highest BCUT2D eigenvalue weighted by Gasteiger charge is 2.13. The molecule has 5 heteroatoms. The van der Waals surface area contributed by atoms with Crippen LogP contribution in [-0.2, 0) is 0 Å². The van der Waals surface area contributed by atoms with Crippen LogP contribution in [0, 0.1) is 6.92 Å². The number of aryl methyl sites for hydroxylation is 1. The minimum atomic E-state index is -0.211. The fraction of sp³-hybridized carbons (Fsp3) is 0.133. The average Bonchev–Trinajstić information content (AvgIpc) is 2.43. The van der Waals surface area contributed by atoms with Gasteiger partial charge in [0.05, 0.1) is 18.4 Å². The van der Waals surface area contributed by atoms with Crippen LogP contribution in [0.15, 0.2) is 40.9 Å². The first kappa shape index (κ1) is 14.9. The Morgan fingerprint density at radius 3 is 2.65 bits per heavy atom. The summed E-state index contributed by atoms with van der Waals surface area (Å²) in [7, 11) is 1.54. The molecule has 0 heterocycles. The lowest BCUT2D eigenvalue weighted by Crippen LogP contribution is -2.13. The molecule has 3 nitrogen and oxygen atoms in total. The molecule has 0 unspecified atom stereocenters. The van der Waals surface area contributed by atoms with Crippen LogP contribution in [-0.4, -0.2) is 13.0 Å². The van der Waals surface area contributed by atoms with Gasteiger partial charge in [0.25, 0.3) is 5.91 Å². The second-order valence-corrected chi connectivity index (χ2v) is 5.50. The molecule has 1 N–H and O–H groups in total. The number of amides is 1. The van der Waals surface area contributed by atoms with E-state index in [1.807, 2.05) is 25.1 Å². The van der Waals surface area contributed by atoms with Gasteiger partial charge in [0.15, 0.2) is 0 Å². The number of carbonyl (C=O) groups excluding carboxylic acids is 1. The summed E-state index contributed by atoms with van der Waals surface area (Å²) in [6, 6.07) is 10.7. The minimum absolute atomic E-state index is 0.211. The number of anilines is 1. The van der Waals surface area contributed by atoms with Crippen molar-refractivity contribution in [2.24, 2.45) is 0 Å². The van der Waals surface area contributed by atoms with Crippen LogP contribution in [0.1, 0.15) is 15.9 Å². The topological polar surface area (TPSA) is 38.3 Å². The number of hydrogen-bond acceptors (Lipinski definition) is 2. The van der Waals surface area contributed by atoms with E-state index in [0.717, 1.165) is 10.0 Å². The number of benzene rings is 2. The van der Waals surface area contributed by atoms with Crippen molar-refractivity contribution in [2.75, 3.05) is 12.4 Å². The van der Waals surface area contributed by atoms with E-state index in [2.05, 4.69) is 21.2 Å². The molecule has 2 aromatic rings. The Hall–Kier alpha value is -1.52. The number of hydrogen-bond donors (Lipinski definition) is 1. The lowest BCUT2D eigenvalue weighted by molar-refractivity contribution is 0.102. The molecule has 0 aliphatic rings. The van der Waals surface area contributed by atoms with Crippen LogP contribution < -0.4 is 10.1 Å². The van der Waals surface area contributed by atoms with Gasteiger partial charge in [-0.15, -0.1) is 0 Å². The Kier molecular flexibility index (Phi) is 4.68. The number of ether oxygens (including phenoxy) is 1. The van der Waals surface area contributed by atoms with Crippen LogP contribution in [0.2, 0.25) is 5.02 Å². The van der Waals surface area contributed by atoms with E-state index in [1.165, 1.54) is 7.11 Å². The van der Waals surface area contributed by atoms with Gasteiger partial charge in [0.1, 0.15) is 5.75 Å². The molecule has 104 valence electrons. The maximum absolute atomic E-state index is 12.3. The van der Waals surface area contributed by atoms with Crippen molar-refractivity contribution in [3.63, 3.8) is 0 Å². The summed E-state index contributed by atoms with van der Waals surface area (Å²) in [5.74, 6) is 0.318. The van der Waals surface area contributed by atoms with Crippen molar-refractivity contribution < 1.29 is 9.53 Å². The SMILES string of the molecule is COc1cc(Cl)c(C)cc1NC(=O)c1ccccc1Br. The van der Waals surface area contributed by atoms with E-state index >= 15 is 0 Å². The van der Waals surface area contributed by atoms with E-state index < -0.39 is 0 Å². The van der Waals surface area contributed by atoms with Gasteiger partial charge in [-0.3, -0.25) is 4.79 Å². The summed E-state index contributed by atoms with van der Waals surface area (Å²) in [5.41, 5.74) is 2.02. The van der Waals surface area contributed by atoms with Crippen molar-refractivity contribution in [1.29, 1.82) is 0 Å². The highest BCUT2D eigenvalue weighted by atomic mass is 79.9. The molecule has 0 bridgehead atoms. The highest BCUT2D eigenvalue weighted by Crippen LogP contribution is 2.31. The van der Waals surface area contributed by atoms with E-state index in [1.54, 1.807) is 18.2 Å². The van der Waals surface area contributed by atoms with E-state index in [9.17, 15) is 4.79 Å². The van der Waals surface area contributed by atoms with Crippen LogP contribution in [0.4, 0.5) is 5.69 Å². The quantitative estimate of drug-likeness (QED) is 0.869. The molecule has 20 heavy (non-hydrogen) atoms. The molecular formula is C15H13BrClNO2. The first-order valence-corrected chi connectivity index (χ1v) is 7.10. The monoisotopic (exact) mass is 353 g/mol. The van der Waals surface area contributed by atoms with Crippen molar-refractivity contribution in [3.8, 4) is 5.75 Å². The normalized spacial score (nSPS) is 10.2. The summed E-state index contributed by atoms with van der Waals surface area (Å²) in [6.45, 7) is 1.87. The second-order valence-electron chi connectivity index (χ2n) is 4.24. The minimum Gasteiger partial charge on any atom is -0.495 e. The molecule has 0 fully saturated rings. The first-order chi connectivity index (χ1) is 9.52. The first-order valence-electron chi connectivity index (χ1n) is 5.93. The van der Waals surface area contributed by atoms with Crippen molar-refractivity contribution in [2.45, 2.75) is 6.92 Å². The zero-order valence-corrected chi connectivity index (χ0v) is 13.4. The molecule has 0 aliphatic heterocycles. The Morgan fingerprint density at radius 2 is 2.00 bits per heavy atom. The van der Waals surface area contributed by atoms with Crippen LogP contribution in [0.5, 0.6) is 5.75 Å². The average molecular weight is 355 g/mol. The predicted octanol–water partition coefficient (Wildman–Crippen LogP) is 4.67. The smallest absolute Gasteiger partial charge is 0.256 e. The molecule has 0 radical (unpaired) electrons. The molecule has 0 aliphatic carbocycles. The molecule has 0 saturated carbocycles. The lowest BCUT2D eigenvalue weighted by Gasteiger charge is -2.12. The van der Waals surface area contributed by atoms with Gasteiger partial charge in [-0.1, -0.05) is 23.7 Å².